The molecule has 27 heavy (non-hydrogen) atoms. The monoisotopic (exact) mass is 400 g/mol. The molecule has 1 heterocycles. The van der Waals surface area contributed by atoms with Crippen molar-refractivity contribution >= 4 is 46.8 Å². The van der Waals surface area contributed by atoms with Crippen molar-refractivity contribution in [2.45, 2.75) is 0 Å². The van der Waals surface area contributed by atoms with Crippen molar-refractivity contribution in [1.29, 1.82) is 0 Å². The van der Waals surface area contributed by atoms with Crippen LogP contribution in [0.3, 0.4) is 0 Å². The molecular weight excluding hydrogens is 387 g/mol. The Hall–Kier alpha value is -3.02. The summed E-state index contributed by atoms with van der Waals surface area (Å²) in [5, 5.41) is 6.16. The van der Waals surface area contributed by atoms with E-state index >= 15 is 0 Å². The summed E-state index contributed by atoms with van der Waals surface area (Å²) in [6.45, 7) is 0. The molecule has 2 amide bonds. The zero-order valence-corrected chi connectivity index (χ0v) is 15.4. The first-order valence-electron chi connectivity index (χ1n) is 7.91. The molecule has 2 N–H and O–H groups in total. The molecule has 0 saturated heterocycles. The maximum atomic E-state index is 12.7. The smallest absolute Gasteiger partial charge is 0.272 e. The van der Waals surface area contributed by atoms with Crippen molar-refractivity contribution in [1.82, 2.24) is 5.32 Å². The van der Waals surface area contributed by atoms with E-state index in [1.54, 1.807) is 60.7 Å². The molecule has 0 unspecified atom stereocenters. The van der Waals surface area contributed by atoms with Gasteiger partial charge in [0.2, 0.25) is 0 Å². The van der Waals surface area contributed by atoms with E-state index in [0.717, 1.165) is 0 Å². The van der Waals surface area contributed by atoms with Crippen LogP contribution in [0.5, 0.6) is 0 Å². The molecule has 0 aliphatic carbocycles. The van der Waals surface area contributed by atoms with E-state index in [-0.39, 0.29) is 5.70 Å². The van der Waals surface area contributed by atoms with Crippen LogP contribution in [-0.2, 0) is 4.79 Å². The minimum Gasteiger partial charge on any atom is -0.465 e. The number of para-hydroxylation sites is 1. The maximum absolute atomic E-state index is 12.7. The predicted octanol–water partition coefficient (Wildman–Crippen LogP) is 5.00. The number of nitrogens with one attached hydrogen (secondary N) is 2. The summed E-state index contributed by atoms with van der Waals surface area (Å²) in [5.74, 6) is -0.587. The second kappa shape index (κ2) is 8.58. The van der Waals surface area contributed by atoms with Gasteiger partial charge in [-0.15, -0.1) is 0 Å². The molecule has 1 aromatic heterocycles. The van der Waals surface area contributed by atoms with Gasteiger partial charge in [0, 0.05) is 16.7 Å². The highest BCUT2D eigenvalue weighted by Gasteiger charge is 2.16. The van der Waals surface area contributed by atoms with Gasteiger partial charge in [0.25, 0.3) is 11.8 Å². The number of hydrogen-bond acceptors (Lipinski definition) is 3. The van der Waals surface area contributed by atoms with Gasteiger partial charge in [-0.2, -0.15) is 0 Å². The lowest BCUT2D eigenvalue weighted by molar-refractivity contribution is -0.113. The Morgan fingerprint density at radius 1 is 0.926 bits per heavy atom. The summed E-state index contributed by atoms with van der Waals surface area (Å²) < 4.78 is 5.24. The lowest BCUT2D eigenvalue weighted by atomic mass is 10.2. The molecule has 2 aromatic carbocycles. The molecule has 0 aliphatic heterocycles. The number of carbonyl (C=O) groups excluding carboxylic acids is 2. The molecule has 3 aromatic rings. The van der Waals surface area contributed by atoms with E-state index in [1.807, 2.05) is 0 Å². The van der Waals surface area contributed by atoms with Crippen molar-refractivity contribution in [2.75, 3.05) is 5.32 Å². The van der Waals surface area contributed by atoms with E-state index in [2.05, 4.69) is 10.6 Å². The second-order valence-corrected chi connectivity index (χ2v) is 6.31. The van der Waals surface area contributed by atoms with E-state index < -0.39 is 11.8 Å². The van der Waals surface area contributed by atoms with Crippen LogP contribution in [0.4, 0.5) is 5.69 Å². The van der Waals surface area contributed by atoms with E-state index in [1.165, 1.54) is 12.3 Å². The molecule has 136 valence electrons. The van der Waals surface area contributed by atoms with Gasteiger partial charge >= 0.3 is 0 Å². The Balaban J connectivity index is 1.85. The fourth-order valence-corrected chi connectivity index (χ4v) is 2.53. The third-order valence-electron chi connectivity index (χ3n) is 3.55. The van der Waals surface area contributed by atoms with Gasteiger partial charge in [0.1, 0.15) is 11.5 Å². The first-order chi connectivity index (χ1) is 13.0. The zero-order chi connectivity index (χ0) is 19.2. The third-order valence-corrected chi connectivity index (χ3v) is 4.13. The molecule has 0 bridgehead atoms. The van der Waals surface area contributed by atoms with Gasteiger partial charge in [0.05, 0.1) is 17.0 Å². The number of anilines is 1. The Labute approximate surface area is 165 Å². The highest BCUT2D eigenvalue weighted by atomic mass is 35.5. The summed E-state index contributed by atoms with van der Waals surface area (Å²) in [6, 6.07) is 16.5. The number of benzene rings is 2. The van der Waals surface area contributed by atoms with Gasteiger partial charge in [-0.3, -0.25) is 9.59 Å². The van der Waals surface area contributed by atoms with Crippen LogP contribution in [-0.4, -0.2) is 11.8 Å². The molecule has 7 heteroatoms. The molecule has 3 rings (SSSR count). The number of rotatable bonds is 5. The highest BCUT2D eigenvalue weighted by Crippen LogP contribution is 2.21. The molecule has 0 spiro atoms. The molecule has 0 aliphatic rings. The second-order valence-electron chi connectivity index (χ2n) is 5.47. The summed E-state index contributed by atoms with van der Waals surface area (Å²) in [5.41, 5.74) is 0.787. The fraction of sp³-hybridized carbons (Fsp3) is 0. The lowest BCUT2D eigenvalue weighted by Crippen LogP contribution is -2.30. The van der Waals surface area contributed by atoms with Gasteiger partial charge in [-0.25, -0.2) is 0 Å². The van der Waals surface area contributed by atoms with Crippen LogP contribution in [0.1, 0.15) is 16.1 Å². The number of halogens is 2. The largest absolute Gasteiger partial charge is 0.465 e. The van der Waals surface area contributed by atoms with Crippen molar-refractivity contribution in [3.05, 3.63) is 94.0 Å². The van der Waals surface area contributed by atoms with Crippen molar-refractivity contribution in [3.63, 3.8) is 0 Å². The van der Waals surface area contributed by atoms with Gasteiger partial charge in [-0.05, 0) is 48.5 Å². The van der Waals surface area contributed by atoms with Crippen LogP contribution in [0.25, 0.3) is 6.08 Å². The first kappa shape index (κ1) is 18.8. The highest BCUT2D eigenvalue weighted by molar-refractivity contribution is 6.34. The quantitative estimate of drug-likeness (QED) is 0.592. The average molecular weight is 401 g/mol. The molecule has 0 fully saturated rings. The average Bonchev–Trinajstić information content (AvgIpc) is 3.16. The standard InChI is InChI=1S/C20H14Cl2N2O3/c21-14-9-7-13(8-10-14)19(25)24-18(12-15-4-3-11-27-15)20(26)23-17-6-2-1-5-16(17)22/h1-12H,(H,23,26)(H,24,25). The summed E-state index contributed by atoms with van der Waals surface area (Å²) >= 11 is 11.9. The van der Waals surface area contributed by atoms with Crippen LogP contribution in [0, 0.1) is 0 Å². The van der Waals surface area contributed by atoms with Gasteiger partial charge in [0.15, 0.2) is 0 Å². The Morgan fingerprint density at radius 2 is 1.67 bits per heavy atom. The lowest BCUT2D eigenvalue weighted by Gasteiger charge is -2.11. The van der Waals surface area contributed by atoms with E-state index in [0.29, 0.717) is 27.1 Å². The molecule has 0 saturated carbocycles. The minimum atomic E-state index is -0.540. The molecule has 5 nitrogen and oxygen atoms in total. The van der Waals surface area contributed by atoms with E-state index in [4.69, 9.17) is 27.6 Å². The SMILES string of the molecule is O=C(Nc1ccccc1Cl)C(=Cc1ccco1)NC(=O)c1ccc(Cl)cc1. The van der Waals surface area contributed by atoms with Crippen molar-refractivity contribution < 1.29 is 14.0 Å². The number of carbonyl (C=O) groups is 2. The van der Waals surface area contributed by atoms with E-state index in [9.17, 15) is 9.59 Å². The molecule has 0 atom stereocenters. The number of amides is 2. The number of furan rings is 1. The van der Waals surface area contributed by atoms with Crippen LogP contribution < -0.4 is 10.6 Å². The van der Waals surface area contributed by atoms with Crippen molar-refractivity contribution in [2.24, 2.45) is 0 Å². The Morgan fingerprint density at radius 3 is 2.33 bits per heavy atom. The number of hydrogen-bond donors (Lipinski definition) is 2. The Kier molecular flexibility index (Phi) is 5.96. The third kappa shape index (κ3) is 5.00. The maximum Gasteiger partial charge on any atom is 0.272 e. The topological polar surface area (TPSA) is 71.3 Å². The van der Waals surface area contributed by atoms with Gasteiger partial charge in [-0.1, -0.05) is 35.3 Å². The fourth-order valence-electron chi connectivity index (χ4n) is 2.22. The Bertz CT molecular complexity index is 981. The normalized spacial score (nSPS) is 11.1. The summed E-state index contributed by atoms with van der Waals surface area (Å²) in [4.78, 5) is 25.2. The van der Waals surface area contributed by atoms with Crippen LogP contribution in [0.15, 0.2) is 77.0 Å². The summed E-state index contributed by atoms with van der Waals surface area (Å²) in [7, 11) is 0. The van der Waals surface area contributed by atoms with Gasteiger partial charge < -0.3 is 15.1 Å². The minimum absolute atomic E-state index is 0.00446. The first-order valence-corrected chi connectivity index (χ1v) is 8.66. The van der Waals surface area contributed by atoms with Crippen molar-refractivity contribution in [3.8, 4) is 0 Å². The molecule has 0 radical (unpaired) electrons. The van der Waals surface area contributed by atoms with Crippen LogP contribution in [0.2, 0.25) is 10.0 Å². The summed E-state index contributed by atoms with van der Waals surface area (Å²) in [6.07, 6.45) is 2.90. The zero-order valence-electron chi connectivity index (χ0n) is 13.9. The molecular formula is C20H14Cl2N2O3. The predicted molar refractivity (Wildman–Crippen MR) is 106 cm³/mol. The van der Waals surface area contributed by atoms with Crippen LogP contribution >= 0.6 is 23.2 Å².